The Kier molecular flexibility index (Phi) is 6.99. The summed E-state index contributed by atoms with van der Waals surface area (Å²) in [6, 6.07) is 14.6. The SMILES string of the molecule is Cc1nc(-c2ccccc2)sc1C(=O)N1CCN(CC(=O)Nc2ccccc2C(F)(F)F)CC1. The average Bonchev–Trinajstić information content (AvgIpc) is 3.21. The van der Waals surface area contributed by atoms with Gasteiger partial charge in [-0.25, -0.2) is 4.98 Å². The first kappa shape index (κ1) is 23.9. The van der Waals surface area contributed by atoms with E-state index in [0.29, 0.717) is 36.8 Å². The van der Waals surface area contributed by atoms with Gasteiger partial charge >= 0.3 is 6.18 Å². The number of para-hydroxylation sites is 1. The number of nitrogens with zero attached hydrogens (tertiary/aromatic N) is 3. The number of anilines is 1. The number of thiazole rings is 1. The molecular formula is C24H23F3N4O2S. The largest absolute Gasteiger partial charge is 0.418 e. The molecule has 1 N–H and O–H groups in total. The molecule has 0 atom stereocenters. The Hall–Kier alpha value is -3.24. The molecule has 2 heterocycles. The third-order valence-electron chi connectivity index (χ3n) is 5.54. The van der Waals surface area contributed by atoms with Crippen LogP contribution in [-0.4, -0.2) is 59.3 Å². The van der Waals surface area contributed by atoms with Crippen LogP contribution in [0, 0.1) is 6.92 Å². The summed E-state index contributed by atoms with van der Waals surface area (Å²) in [5.74, 6) is -0.623. The topological polar surface area (TPSA) is 65.5 Å². The summed E-state index contributed by atoms with van der Waals surface area (Å²) in [5, 5.41) is 3.15. The average molecular weight is 489 g/mol. The second-order valence-corrected chi connectivity index (χ2v) is 8.96. The van der Waals surface area contributed by atoms with E-state index < -0.39 is 17.6 Å². The number of nitrogens with one attached hydrogen (secondary N) is 1. The fraction of sp³-hybridized carbons (Fsp3) is 0.292. The van der Waals surface area contributed by atoms with Gasteiger partial charge in [-0.1, -0.05) is 42.5 Å². The third-order valence-corrected chi connectivity index (χ3v) is 6.74. The highest BCUT2D eigenvalue weighted by Gasteiger charge is 2.34. The normalized spacial score (nSPS) is 14.8. The highest BCUT2D eigenvalue weighted by Crippen LogP contribution is 2.34. The number of alkyl halides is 3. The van der Waals surface area contributed by atoms with Gasteiger partial charge in [-0.05, 0) is 19.1 Å². The van der Waals surface area contributed by atoms with E-state index in [0.717, 1.165) is 16.6 Å². The molecule has 10 heteroatoms. The molecule has 0 saturated carbocycles. The van der Waals surface area contributed by atoms with Crippen LogP contribution < -0.4 is 5.32 Å². The Morgan fingerprint density at radius 1 is 1.00 bits per heavy atom. The number of carbonyl (C=O) groups is 2. The summed E-state index contributed by atoms with van der Waals surface area (Å²) in [4.78, 5) is 34.1. The summed E-state index contributed by atoms with van der Waals surface area (Å²) in [6.45, 7) is 3.50. The number of amides is 2. The van der Waals surface area contributed by atoms with Crippen molar-refractivity contribution in [3.05, 3.63) is 70.7 Å². The molecule has 178 valence electrons. The van der Waals surface area contributed by atoms with Crippen LogP contribution >= 0.6 is 11.3 Å². The summed E-state index contributed by atoms with van der Waals surface area (Å²) in [7, 11) is 0. The van der Waals surface area contributed by atoms with Gasteiger partial charge in [0.05, 0.1) is 23.5 Å². The molecule has 0 spiro atoms. The first-order valence-corrected chi connectivity index (χ1v) is 11.5. The van der Waals surface area contributed by atoms with Crippen LogP contribution in [0.3, 0.4) is 0 Å². The molecule has 0 bridgehead atoms. The van der Waals surface area contributed by atoms with E-state index in [1.807, 2.05) is 42.2 Å². The van der Waals surface area contributed by atoms with Crippen molar-refractivity contribution in [3.8, 4) is 10.6 Å². The minimum absolute atomic E-state index is 0.0496. The molecular weight excluding hydrogens is 465 g/mol. The van der Waals surface area contributed by atoms with E-state index in [9.17, 15) is 22.8 Å². The fourth-order valence-corrected chi connectivity index (χ4v) is 4.82. The molecule has 6 nitrogen and oxygen atoms in total. The standard InChI is InChI=1S/C24H23F3N4O2S/c1-16-21(34-22(28-16)17-7-3-2-4-8-17)23(33)31-13-11-30(12-14-31)15-20(32)29-19-10-6-5-9-18(19)24(25,26)27/h2-10H,11-15H2,1H3,(H,29,32). The van der Waals surface area contributed by atoms with Crippen molar-refractivity contribution in [1.29, 1.82) is 0 Å². The van der Waals surface area contributed by atoms with E-state index in [1.54, 1.807) is 4.90 Å². The highest BCUT2D eigenvalue weighted by atomic mass is 32.1. The molecule has 1 saturated heterocycles. The summed E-state index contributed by atoms with van der Waals surface area (Å²) < 4.78 is 39.4. The quantitative estimate of drug-likeness (QED) is 0.573. The number of piperazine rings is 1. The van der Waals surface area contributed by atoms with E-state index in [4.69, 9.17) is 0 Å². The van der Waals surface area contributed by atoms with Gasteiger partial charge in [-0.2, -0.15) is 13.2 Å². The van der Waals surface area contributed by atoms with Gasteiger partial charge in [0.25, 0.3) is 5.91 Å². The van der Waals surface area contributed by atoms with Crippen LogP contribution in [0.1, 0.15) is 20.9 Å². The maximum absolute atomic E-state index is 13.1. The predicted molar refractivity (Wildman–Crippen MR) is 125 cm³/mol. The van der Waals surface area contributed by atoms with Gasteiger partial charge in [0.1, 0.15) is 9.88 Å². The fourth-order valence-electron chi connectivity index (χ4n) is 3.78. The van der Waals surface area contributed by atoms with Gasteiger partial charge < -0.3 is 10.2 Å². The Morgan fingerprint density at radius 2 is 1.65 bits per heavy atom. The zero-order valence-electron chi connectivity index (χ0n) is 18.4. The number of aryl methyl sites for hydroxylation is 1. The van der Waals surface area contributed by atoms with Crippen LogP contribution in [0.2, 0.25) is 0 Å². The number of benzene rings is 2. The molecule has 0 unspecified atom stereocenters. The van der Waals surface area contributed by atoms with E-state index in [1.165, 1.54) is 29.5 Å². The lowest BCUT2D eigenvalue weighted by molar-refractivity contribution is -0.137. The maximum atomic E-state index is 13.1. The number of halogens is 3. The van der Waals surface area contributed by atoms with E-state index >= 15 is 0 Å². The lowest BCUT2D eigenvalue weighted by Gasteiger charge is -2.34. The van der Waals surface area contributed by atoms with Gasteiger partial charge in [0.2, 0.25) is 5.91 Å². The minimum Gasteiger partial charge on any atom is -0.335 e. The molecule has 1 aliphatic heterocycles. The second kappa shape index (κ2) is 9.94. The molecule has 0 aliphatic carbocycles. The highest BCUT2D eigenvalue weighted by molar-refractivity contribution is 7.17. The van der Waals surface area contributed by atoms with Gasteiger partial charge in [0, 0.05) is 31.7 Å². The number of hydrogen-bond acceptors (Lipinski definition) is 5. The Balaban J connectivity index is 1.33. The molecule has 0 radical (unpaired) electrons. The van der Waals surface area contributed by atoms with Crippen molar-refractivity contribution in [3.63, 3.8) is 0 Å². The minimum atomic E-state index is -4.55. The number of carbonyl (C=O) groups excluding carboxylic acids is 2. The molecule has 34 heavy (non-hydrogen) atoms. The molecule has 1 fully saturated rings. The van der Waals surface area contributed by atoms with Crippen LogP contribution in [0.5, 0.6) is 0 Å². The summed E-state index contributed by atoms with van der Waals surface area (Å²) >= 11 is 1.36. The van der Waals surface area contributed by atoms with Crippen molar-refractivity contribution in [2.45, 2.75) is 13.1 Å². The monoisotopic (exact) mass is 488 g/mol. The first-order chi connectivity index (χ1) is 16.2. The maximum Gasteiger partial charge on any atom is 0.418 e. The molecule has 3 aromatic rings. The van der Waals surface area contributed by atoms with Crippen LogP contribution in [-0.2, 0) is 11.0 Å². The smallest absolute Gasteiger partial charge is 0.335 e. The zero-order valence-corrected chi connectivity index (χ0v) is 19.2. The van der Waals surface area contributed by atoms with Crippen LogP contribution in [0.4, 0.5) is 18.9 Å². The first-order valence-electron chi connectivity index (χ1n) is 10.7. The zero-order chi connectivity index (χ0) is 24.3. The van der Waals surface area contributed by atoms with Crippen molar-refractivity contribution in [1.82, 2.24) is 14.8 Å². The predicted octanol–water partition coefficient (Wildman–Crippen LogP) is 4.53. The van der Waals surface area contributed by atoms with Gasteiger partial charge in [-0.15, -0.1) is 11.3 Å². The van der Waals surface area contributed by atoms with Crippen molar-refractivity contribution >= 4 is 28.8 Å². The van der Waals surface area contributed by atoms with Crippen molar-refractivity contribution in [2.75, 3.05) is 38.0 Å². The van der Waals surface area contributed by atoms with Crippen molar-refractivity contribution in [2.24, 2.45) is 0 Å². The summed E-state index contributed by atoms with van der Waals surface area (Å²) in [6.07, 6.45) is -4.55. The molecule has 4 rings (SSSR count). The van der Waals surface area contributed by atoms with Gasteiger partial charge in [-0.3, -0.25) is 14.5 Å². The molecule has 2 aromatic carbocycles. The van der Waals surface area contributed by atoms with Gasteiger partial charge in [0.15, 0.2) is 0 Å². The number of rotatable bonds is 5. The molecule has 1 aromatic heterocycles. The van der Waals surface area contributed by atoms with Crippen LogP contribution in [0.15, 0.2) is 54.6 Å². The Morgan fingerprint density at radius 3 is 2.32 bits per heavy atom. The van der Waals surface area contributed by atoms with Crippen molar-refractivity contribution < 1.29 is 22.8 Å². The van der Waals surface area contributed by atoms with E-state index in [2.05, 4.69) is 10.3 Å². The Labute approximate surface area is 199 Å². The van der Waals surface area contributed by atoms with E-state index in [-0.39, 0.29) is 18.1 Å². The van der Waals surface area contributed by atoms with Crippen LogP contribution in [0.25, 0.3) is 10.6 Å². The molecule has 2 amide bonds. The number of hydrogen-bond donors (Lipinski definition) is 1. The Bertz CT molecular complexity index is 1170. The lowest BCUT2D eigenvalue weighted by Crippen LogP contribution is -2.50. The molecule has 1 aliphatic rings. The summed E-state index contributed by atoms with van der Waals surface area (Å²) in [5.41, 5.74) is 0.494. The third kappa shape index (κ3) is 5.45. The lowest BCUT2D eigenvalue weighted by atomic mass is 10.1. The second-order valence-electron chi connectivity index (χ2n) is 7.96. The number of aromatic nitrogens is 1.